The summed E-state index contributed by atoms with van der Waals surface area (Å²) >= 11 is 0. The number of anilines is 1. The highest BCUT2D eigenvalue weighted by Crippen LogP contribution is 2.23. The molecule has 2 atom stereocenters. The normalized spacial score (nSPS) is 23.1. The standard InChI is InChI=1S/C15H22N2O/c1-9-7-11(3)13(12(4)8-9)17-15(18)14-10(2)5-6-16-14/h7-8,10,14,16H,5-6H2,1-4H3,(H,17,18). The van der Waals surface area contributed by atoms with E-state index < -0.39 is 0 Å². The number of carbonyl (C=O) groups excluding carboxylic acids is 1. The fourth-order valence-electron chi connectivity index (χ4n) is 2.76. The molecule has 1 aromatic rings. The van der Waals surface area contributed by atoms with Crippen LogP contribution in [0.15, 0.2) is 12.1 Å². The Morgan fingerprint density at radius 1 is 1.28 bits per heavy atom. The molecule has 0 bridgehead atoms. The average molecular weight is 246 g/mol. The summed E-state index contributed by atoms with van der Waals surface area (Å²) < 4.78 is 0. The third-order valence-electron chi connectivity index (χ3n) is 3.74. The van der Waals surface area contributed by atoms with Gasteiger partial charge in [0.1, 0.15) is 0 Å². The summed E-state index contributed by atoms with van der Waals surface area (Å²) in [6.45, 7) is 9.22. The predicted molar refractivity (Wildman–Crippen MR) is 74.9 cm³/mol. The van der Waals surface area contributed by atoms with Gasteiger partial charge in [-0.05, 0) is 50.8 Å². The summed E-state index contributed by atoms with van der Waals surface area (Å²) in [7, 11) is 0. The molecule has 1 aromatic carbocycles. The van der Waals surface area contributed by atoms with E-state index in [0.717, 1.165) is 29.8 Å². The summed E-state index contributed by atoms with van der Waals surface area (Å²) in [5.41, 5.74) is 4.46. The van der Waals surface area contributed by atoms with E-state index in [-0.39, 0.29) is 11.9 Å². The quantitative estimate of drug-likeness (QED) is 0.842. The van der Waals surface area contributed by atoms with Gasteiger partial charge >= 0.3 is 0 Å². The van der Waals surface area contributed by atoms with Crippen LogP contribution in [-0.2, 0) is 4.79 Å². The fourth-order valence-corrected chi connectivity index (χ4v) is 2.76. The highest BCUT2D eigenvalue weighted by atomic mass is 16.2. The van der Waals surface area contributed by atoms with Crippen LogP contribution in [-0.4, -0.2) is 18.5 Å². The molecular formula is C15H22N2O. The SMILES string of the molecule is Cc1cc(C)c(NC(=O)C2NCCC2C)c(C)c1. The lowest BCUT2D eigenvalue weighted by Gasteiger charge is -2.18. The van der Waals surface area contributed by atoms with Gasteiger partial charge in [0, 0.05) is 5.69 Å². The molecule has 2 unspecified atom stereocenters. The summed E-state index contributed by atoms with van der Waals surface area (Å²) in [6, 6.07) is 4.16. The third-order valence-corrected chi connectivity index (χ3v) is 3.74. The molecule has 0 spiro atoms. The van der Waals surface area contributed by atoms with E-state index in [1.165, 1.54) is 5.56 Å². The second-order valence-corrected chi connectivity index (χ2v) is 5.46. The number of carbonyl (C=O) groups is 1. The van der Waals surface area contributed by atoms with Gasteiger partial charge in [0.15, 0.2) is 0 Å². The van der Waals surface area contributed by atoms with Crippen LogP contribution in [0, 0.1) is 26.7 Å². The average Bonchev–Trinajstić information content (AvgIpc) is 2.69. The zero-order valence-corrected chi connectivity index (χ0v) is 11.6. The number of nitrogens with one attached hydrogen (secondary N) is 2. The van der Waals surface area contributed by atoms with Gasteiger partial charge in [0.25, 0.3) is 0 Å². The van der Waals surface area contributed by atoms with E-state index >= 15 is 0 Å². The summed E-state index contributed by atoms with van der Waals surface area (Å²) in [6.07, 6.45) is 1.07. The second kappa shape index (κ2) is 5.11. The van der Waals surface area contributed by atoms with Crippen LogP contribution < -0.4 is 10.6 Å². The first kappa shape index (κ1) is 13.1. The third kappa shape index (κ3) is 2.56. The molecule has 0 aliphatic carbocycles. The smallest absolute Gasteiger partial charge is 0.241 e. The van der Waals surface area contributed by atoms with Gasteiger partial charge < -0.3 is 10.6 Å². The van der Waals surface area contributed by atoms with Crippen molar-refractivity contribution in [3.63, 3.8) is 0 Å². The molecule has 18 heavy (non-hydrogen) atoms. The number of hydrogen-bond acceptors (Lipinski definition) is 2. The number of hydrogen-bond donors (Lipinski definition) is 2. The fraction of sp³-hybridized carbons (Fsp3) is 0.533. The Morgan fingerprint density at radius 3 is 2.39 bits per heavy atom. The van der Waals surface area contributed by atoms with Gasteiger partial charge in [0.05, 0.1) is 6.04 Å². The van der Waals surface area contributed by atoms with Crippen molar-refractivity contribution in [2.45, 2.75) is 40.2 Å². The van der Waals surface area contributed by atoms with Crippen molar-refractivity contribution in [3.05, 3.63) is 28.8 Å². The molecule has 1 heterocycles. The molecule has 0 aromatic heterocycles. The zero-order chi connectivity index (χ0) is 13.3. The minimum absolute atomic E-state index is 0.0508. The van der Waals surface area contributed by atoms with Gasteiger partial charge in [-0.15, -0.1) is 0 Å². The molecule has 1 aliphatic heterocycles. The maximum atomic E-state index is 12.2. The van der Waals surface area contributed by atoms with Crippen molar-refractivity contribution in [3.8, 4) is 0 Å². The van der Waals surface area contributed by atoms with Crippen LogP contribution >= 0.6 is 0 Å². The molecule has 1 aliphatic rings. The molecule has 0 saturated carbocycles. The van der Waals surface area contributed by atoms with Crippen LogP contribution in [0.3, 0.4) is 0 Å². The monoisotopic (exact) mass is 246 g/mol. The highest BCUT2D eigenvalue weighted by molar-refractivity contribution is 5.96. The number of benzene rings is 1. The topological polar surface area (TPSA) is 41.1 Å². The summed E-state index contributed by atoms with van der Waals surface area (Å²) in [5.74, 6) is 0.506. The first-order chi connectivity index (χ1) is 8.49. The van der Waals surface area contributed by atoms with Crippen molar-refractivity contribution in [1.29, 1.82) is 0 Å². The number of aryl methyl sites for hydroxylation is 3. The van der Waals surface area contributed by atoms with Gasteiger partial charge in [0.2, 0.25) is 5.91 Å². The minimum Gasteiger partial charge on any atom is -0.324 e. The maximum absolute atomic E-state index is 12.2. The van der Waals surface area contributed by atoms with E-state index in [2.05, 4.69) is 36.6 Å². The second-order valence-electron chi connectivity index (χ2n) is 5.46. The molecule has 3 nitrogen and oxygen atoms in total. The van der Waals surface area contributed by atoms with Gasteiger partial charge in [-0.1, -0.05) is 24.6 Å². The molecule has 1 amide bonds. The zero-order valence-electron chi connectivity index (χ0n) is 11.6. The number of amides is 1. The van der Waals surface area contributed by atoms with Gasteiger partial charge in [-0.3, -0.25) is 4.79 Å². The number of rotatable bonds is 2. The van der Waals surface area contributed by atoms with Crippen LogP contribution in [0.2, 0.25) is 0 Å². The first-order valence-electron chi connectivity index (χ1n) is 6.61. The minimum atomic E-state index is -0.0508. The molecule has 2 N–H and O–H groups in total. The largest absolute Gasteiger partial charge is 0.324 e. The molecule has 98 valence electrons. The Labute approximate surface area is 109 Å². The maximum Gasteiger partial charge on any atom is 0.241 e. The van der Waals surface area contributed by atoms with Crippen molar-refractivity contribution in [2.24, 2.45) is 5.92 Å². The lowest BCUT2D eigenvalue weighted by molar-refractivity contribution is -0.118. The van der Waals surface area contributed by atoms with Crippen molar-refractivity contribution in [1.82, 2.24) is 5.32 Å². The Morgan fingerprint density at radius 2 is 1.89 bits per heavy atom. The Kier molecular flexibility index (Phi) is 3.71. The van der Waals surface area contributed by atoms with E-state index in [9.17, 15) is 4.79 Å². The van der Waals surface area contributed by atoms with E-state index in [1.54, 1.807) is 0 Å². The van der Waals surface area contributed by atoms with Crippen LogP contribution in [0.5, 0.6) is 0 Å². The molecule has 1 fully saturated rings. The lowest BCUT2D eigenvalue weighted by atomic mass is 10.0. The molecule has 0 radical (unpaired) electrons. The Balaban J connectivity index is 2.17. The van der Waals surface area contributed by atoms with Crippen molar-refractivity contribution < 1.29 is 4.79 Å². The molecule has 2 rings (SSSR count). The summed E-state index contributed by atoms with van der Waals surface area (Å²) in [5, 5.41) is 6.34. The molecule has 1 saturated heterocycles. The lowest BCUT2D eigenvalue weighted by Crippen LogP contribution is -2.39. The Bertz CT molecular complexity index is 445. The van der Waals surface area contributed by atoms with Gasteiger partial charge in [-0.25, -0.2) is 0 Å². The molecular weight excluding hydrogens is 224 g/mol. The van der Waals surface area contributed by atoms with E-state index in [4.69, 9.17) is 0 Å². The predicted octanol–water partition coefficient (Wildman–Crippen LogP) is 2.55. The summed E-state index contributed by atoms with van der Waals surface area (Å²) in [4.78, 5) is 12.2. The van der Waals surface area contributed by atoms with Gasteiger partial charge in [-0.2, -0.15) is 0 Å². The van der Waals surface area contributed by atoms with E-state index in [0.29, 0.717) is 5.92 Å². The van der Waals surface area contributed by atoms with Crippen LogP contribution in [0.4, 0.5) is 5.69 Å². The van der Waals surface area contributed by atoms with Crippen LogP contribution in [0.1, 0.15) is 30.0 Å². The Hall–Kier alpha value is -1.35. The molecule has 3 heteroatoms. The van der Waals surface area contributed by atoms with Crippen LogP contribution in [0.25, 0.3) is 0 Å². The highest BCUT2D eigenvalue weighted by Gasteiger charge is 2.29. The van der Waals surface area contributed by atoms with E-state index in [1.807, 2.05) is 13.8 Å². The first-order valence-corrected chi connectivity index (χ1v) is 6.61. The van der Waals surface area contributed by atoms with Crippen molar-refractivity contribution >= 4 is 11.6 Å². The van der Waals surface area contributed by atoms with Crippen molar-refractivity contribution in [2.75, 3.05) is 11.9 Å².